The van der Waals surface area contributed by atoms with Gasteiger partial charge in [0.2, 0.25) is 0 Å². The van der Waals surface area contributed by atoms with Crippen molar-refractivity contribution in [2.45, 2.75) is 37.9 Å². The van der Waals surface area contributed by atoms with Crippen molar-refractivity contribution in [3.63, 3.8) is 0 Å². The lowest BCUT2D eigenvalue weighted by Crippen LogP contribution is -2.56. The van der Waals surface area contributed by atoms with E-state index in [1.165, 1.54) is 30.4 Å². The summed E-state index contributed by atoms with van der Waals surface area (Å²) < 4.78 is 0. The molecule has 2 N–H and O–H groups in total. The summed E-state index contributed by atoms with van der Waals surface area (Å²) in [5.41, 5.74) is 8.84. The van der Waals surface area contributed by atoms with Gasteiger partial charge < -0.3 is 15.5 Å². The number of nitrogens with zero attached hydrogens (tertiary/aromatic N) is 2. The van der Waals surface area contributed by atoms with Crippen LogP contribution in [-0.4, -0.2) is 43.0 Å². The van der Waals surface area contributed by atoms with Crippen LogP contribution in [0.25, 0.3) is 0 Å². The van der Waals surface area contributed by atoms with Gasteiger partial charge in [0.05, 0.1) is 0 Å². The highest BCUT2D eigenvalue weighted by Gasteiger charge is 2.39. The molecule has 1 aromatic rings. The summed E-state index contributed by atoms with van der Waals surface area (Å²) in [5.74, 6) is 0. The Kier molecular flexibility index (Phi) is 4.61. The van der Waals surface area contributed by atoms with Crippen LogP contribution in [0.2, 0.25) is 0 Å². The van der Waals surface area contributed by atoms with E-state index in [9.17, 15) is 0 Å². The Morgan fingerprint density at radius 1 is 1.11 bits per heavy atom. The van der Waals surface area contributed by atoms with Gasteiger partial charge in [-0.25, -0.2) is 0 Å². The third kappa shape index (κ3) is 3.16. The smallest absolute Gasteiger partial charge is 0.0330 e. The fourth-order valence-electron chi connectivity index (χ4n) is 3.09. The Labute approximate surface area is 117 Å². The molecule has 0 unspecified atom stereocenters. The van der Waals surface area contributed by atoms with Crippen molar-refractivity contribution < 1.29 is 0 Å². The van der Waals surface area contributed by atoms with Gasteiger partial charge in [-0.05, 0) is 51.5 Å². The molecule has 2 rings (SSSR count). The van der Waals surface area contributed by atoms with E-state index in [2.05, 4.69) is 55.2 Å². The number of likely N-dealkylation sites (N-methyl/N-ethyl adjacent to an activating group) is 2. The number of hydrogen-bond donors (Lipinski definition) is 1. The average Bonchev–Trinajstić information content (AvgIpc) is 2.34. The first-order chi connectivity index (χ1) is 9.07. The molecule has 0 bridgehead atoms. The third-order valence-corrected chi connectivity index (χ3v) is 4.58. The highest BCUT2D eigenvalue weighted by atomic mass is 15.2. The summed E-state index contributed by atoms with van der Waals surface area (Å²) in [5, 5.41) is 0. The van der Waals surface area contributed by atoms with E-state index in [1.807, 2.05) is 0 Å². The van der Waals surface area contributed by atoms with Gasteiger partial charge in [0.25, 0.3) is 0 Å². The zero-order valence-corrected chi connectivity index (χ0v) is 12.5. The van der Waals surface area contributed by atoms with Crippen molar-refractivity contribution in [1.29, 1.82) is 0 Å². The van der Waals surface area contributed by atoms with Crippen LogP contribution in [0.4, 0.5) is 0 Å². The molecular formula is C16H27N3. The van der Waals surface area contributed by atoms with E-state index in [0.29, 0.717) is 12.1 Å². The standard InChI is InChI=1S/C16H27N3/c1-18(2)16(9-6-10-16)13-19(3)12-15-8-5-4-7-14(15)11-17/h4-5,7-8H,6,9-13,17H2,1-3H3. The maximum absolute atomic E-state index is 5.81. The maximum atomic E-state index is 5.81. The van der Waals surface area contributed by atoms with E-state index < -0.39 is 0 Å². The molecule has 3 nitrogen and oxygen atoms in total. The predicted molar refractivity (Wildman–Crippen MR) is 80.9 cm³/mol. The lowest BCUT2D eigenvalue weighted by atomic mass is 9.75. The molecular weight excluding hydrogens is 234 g/mol. The van der Waals surface area contributed by atoms with E-state index in [4.69, 9.17) is 5.73 Å². The van der Waals surface area contributed by atoms with Gasteiger partial charge in [-0.15, -0.1) is 0 Å². The molecule has 1 saturated carbocycles. The summed E-state index contributed by atoms with van der Waals surface area (Å²) in [6.07, 6.45) is 4.01. The van der Waals surface area contributed by atoms with E-state index in [0.717, 1.165) is 13.1 Å². The molecule has 1 aliphatic rings. The molecule has 0 aliphatic heterocycles. The van der Waals surface area contributed by atoms with Crippen LogP contribution in [0.5, 0.6) is 0 Å². The second kappa shape index (κ2) is 6.04. The van der Waals surface area contributed by atoms with Gasteiger partial charge >= 0.3 is 0 Å². The van der Waals surface area contributed by atoms with Crippen molar-refractivity contribution in [3.8, 4) is 0 Å². The Balaban J connectivity index is 1.99. The maximum Gasteiger partial charge on any atom is 0.0330 e. The molecule has 0 heterocycles. The van der Waals surface area contributed by atoms with Crippen molar-refractivity contribution in [3.05, 3.63) is 35.4 Å². The van der Waals surface area contributed by atoms with Crippen LogP contribution in [0.1, 0.15) is 30.4 Å². The fraction of sp³-hybridized carbons (Fsp3) is 0.625. The molecule has 0 amide bonds. The topological polar surface area (TPSA) is 32.5 Å². The van der Waals surface area contributed by atoms with Gasteiger partial charge in [0.15, 0.2) is 0 Å². The predicted octanol–water partition coefficient (Wildman–Crippen LogP) is 2.06. The zero-order chi connectivity index (χ0) is 13.9. The van der Waals surface area contributed by atoms with E-state index >= 15 is 0 Å². The van der Waals surface area contributed by atoms with Gasteiger partial charge in [-0.2, -0.15) is 0 Å². The van der Waals surface area contributed by atoms with Crippen molar-refractivity contribution in [1.82, 2.24) is 9.80 Å². The summed E-state index contributed by atoms with van der Waals surface area (Å²) >= 11 is 0. The Morgan fingerprint density at radius 2 is 1.74 bits per heavy atom. The van der Waals surface area contributed by atoms with Gasteiger partial charge in [-0.3, -0.25) is 0 Å². The van der Waals surface area contributed by atoms with Crippen LogP contribution in [-0.2, 0) is 13.1 Å². The molecule has 3 heteroatoms. The van der Waals surface area contributed by atoms with Crippen molar-refractivity contribution in [2.24, 2.45) is 5.73 Å². The van der Waals surface area contributed by atoms with E-state index in [1.54, 1.807) is 0 Å². The largest absolute Gasteiger partial charge is 0.326 e. The second-order valence-electron chi connectivity index (χ2n) is 6.12. The number of hydrogen-bond acceptors (Lipinski definition) is 3. The molecule has 1 aliphatic carbocycles. The minimum Gasteiger partial charge on any atom is -0.326 e. The highest BCUT2D eigenvalue weighted by molar-refractivity contribution is 5.26. The normalized spacial score (nSPS) is 17.8. The molecule has 0 saturated heterocycles. The summed E-state index contributed by atoms with van der Waals surface area (Å²) in [7, 11) is 6.64. The van der Waals surface area contributed by atoms with Crippen LogP contribution in [0.15, 0.2) is 24.3 Å². The first kappa shape index (κ1) is 14.5. The molecule has 0 radical (unpaired) electrons. The van der Waals surface area contributed by atoms with Gasteiger partial charge in [-0.1, -0.05) is 24.3 Å². The SMILES string of the molecule is CN(Cc1ccccc1CN)CC1(N(C)C)CCC1. The number of benzene rings is 1. The second-order valence-corrected chi connectivity index (χ2v) is 6.12. The fourth-order valence-corrected chi connectivity index (χ4v) is 3.09. The summed E-state index contributed by atoms with van der Waals surface area (Å²) in [4.78, 5) is 4.84. The first-order valence-corrected chi connectivity index (χ1v) is 7.20. The van der Waals surface area contributed by atoms with Crippen LogP contribution >= 0.6 is 0 Å². The molecule has 19 heavy (non-hydrogen) atoms. The summed E-state index contributed by atoms with van der Waals surface area (Å²) in [6, 6.07) is 8.50. The van der Waals surface area contributed by atoms with Crippen molar-refractivity contribution in [2.75, 3.05) is 27.7 Å². The molecule has 1 aromatic carbocycles. The monoisotopic (exact) mass is 261 g/mol. The van der Waals surface area contributed by atoms with Crippen LogP contribution < -0.4 is 5.73 Å². The first-order valence-electron chi connectivity index (χ1n) is 7.20. The lowest BCUT2D eigenvalue weighted by Gasteiger charge is -2.49. The molecule has 0 atom stereocenters. The zero-order valence-electron chi connectivity index (χ0n) is 12.5. The van der Waals surface area contributed by atoms with Gasteiger partial charge in [0, 0.05) is 25.2 Å². The minimum absolute atomic E-state index is 0.395. The summed E-state index contributed by atoms with van der Waals surface area (Å²) in [6.45, 7) is 2.75. The molecule has 106 valence electrons. The number of rotatable bonds is 6. The van der Waals surface area contributed by atoms with Crippen molar-refractivity contribution >= 4 is 0 Å². The van der Waals surface area contributed by atoms with Crippen LogP contribution in [0, 0.1) is 0 Å². The minimum atomic E-state index is 0.395. The Morgan fingerprint density at radius 3 is 2.21 bits per heavy atom. The van der Waals surface area contributed by atoms with Crippen LogP contribution in [0.3, 0.4) is 0 Å². The third-order valence-electron chi connectivity index (χ3n) is 4.58. The lowest BCUT2D eigenvalue weighted by molar-refractivity contribution is 0.0258. The highest BCUT2D eigenvalue weighted by Crippen LogP contribution is 2.36. The Hall–Kier alpha value is -0.900. The molecule has 0 spiro atoms. The molecule has 1 fully saturated rings. The average molecular weight is 261 g/mol. The number of nitrogens with two attached hydrogens (primary N) is 1. The Bertz CT molecular complexity index is 410. The molecule has 0 aromatic heterocycles. The van der Waals surface area contributed by atoms with E-state index in [-0.39, 0.29) is 0 Å². The van der Waals surface area contributed by atoms with Gasteiger partial charge in [0.1, 0.15) is 0 Å². The quantitative estimate of drug-likeness (QED) is 0.851.